The topological polar surface area (TPSA) is 9.23 Å². The minimum absolute atomic E-state index is 0.884. The van der Waals surface area contributed by atoms with Gasteiger partial charge < -0.3 is 4.74 Å². The predicted molar refractivity (Wildman–Crippen MR) is 139 cm³/mol. The maximum absolute atomic E-state index is 6.05. The second kappa shape index (κ2) is 15.0. The summed E-state index contributed by atoms with van der Waals surface area (Å²) in [5, 5.41) is 0. The van der Waals surface area contributed by atoms with E-state index in [9.17, 15) is 0 Å². The first-order chi connectivity index (χ1) is 15.8. The first-order valence-corrected chi connectivity index (χ1v) is 14.5. The monoisotopic (exact) mass is 440 g/mol. The SMILES string of the molecule is CCCCCC[C@H]1CC[C@H](CCc2ccc(OCCC[C@H]3CC[C@H](CC)CC3)cc2)CC1. The molecule has 0 radical (unpaired) electrons. The van der Waals surface area contributed by atoms with Crippen LogP contribution >= 0.6 is 0 Å². The molecule has 0 heterocycles. The van der Waals surface area contributed by atoms with Crippen molar-refractivity contribution < 1.29 is 4.74 Å². The number of benzene rings is 1. The summed E-state index contributed by atoms with van der Waals surface area (Å²) in [7, 11) is 0. The average Bonchev–Trinajstić information content (AvgIpc) is 2.85. The van der Waals surface area contributed by atoms with E-state index in [1.54, 1.807) is 0 Å². The van der Waals surface area contributed by atoms with E-state index >= 15 is 0 Å². The van der Waals surface area contributed by atoms with Crippen LogP contribution in [0.1, 0.15) is 129 Å². The van der Waals surface area contributed by atoms with Gasteiger partial charge in [0, 0.05) is 0 Å². The molecule has 0 atom stereocenters. The van der Waals surface area contributed by atoms with Crippen LogP contribution in [0.5, 0.6) is 5.75 Å². The number of rotatable bonds is 14. The molecule has 1 aromatic rings. The summed E-state index contributed by atoms with van der Waals surface area (Å²) in [5.41, 5.74) is 1.49. The van der Waals surface area contributed by atoms with E-state index in [1.807, 2.05) is 0 Å². The predicted octanol–water partition coefficient (Wildman–Crippen LogP) is 9.77. The van der Waals surface area contributed by atoms with Gasteiger partial charge in [-0.25, -0.2) is 0 Å². The molecule has 1 heteroatoms. The van der Waals surface area contributed by atoms with E-state index in [-0.39, 0.29) is 0 Å². The molecule has 2 aliphatic carbocycles. The lowest BCUT2D eigenvalue weighted by atomic mass is 9.78. The van der Waals surface area contributed by atoms with Crippen molar-refractivity contribution in [3.63, 3.8) is 0 Å². The quantitative estimate of drug-likeness (QED) is 0.261. The molecule has 0 aliphatic heterocycles. The normalized spacial score (nSPS) is 26.2. The van der Waals surface area contributed by atoms with Gasteiger partial charge in [-0.05, 0) is 67.1 Å². The van der Waals surface area contributed by atoms with Gasteiger partial charge in [0.15, 0.2) is 0 Å². The van der Waals surface area contributed by atoms with Gasteiger partial charge in [-0.1, -0.05) is 116 Å². The third-order valence-corrected chi connectivity index (χ3v) is 8.77. The van der Waals surface area contributed by atoms with Gasteiger partial charge in [-0.3, -0.25) is 0 Å². The molecule has 0 aromatic heterocycles. The van der Waals surface area contributed by atoms with Crippen LogP contribution in [0.25, 0.3) is 0 Å². The summed E-state index contributed by atoms with van der Waals surface area (Å²) in [6.45, 7) is 5.55. The van der Waals surface area contributed by atoms with Gasteiger partial charge >= 0.3 is 0 Å². The highest BCUT2D eigenvalue weighted by Crippen LogP contribution is 2.35. The fourth-order valence-electron chi connectivity index (χ4n) is 6.28. The molecule has 0 bridgehead atoms. The summed E-state index contributed by atoms with van der Waals surface area (Å²) >= 11 is 0. The van der Waals surface area contributed by atoms with Crippen molar-refractivity contribution in [2.45, 2.75) is 129 Å². The number of unbranched alkanes of at least 4 members (excludes halogenated alkanes) is 3. The average molecular weight is 441 g/mol. The zero-order valence-electron chi connectivity index (χ0n) is 21.5. The highest BCUT2D eigenvalue weighted by Gasteiger charge is 2.21. The lowest BCUT2D eigenvalue weighted by molar-refractivity contribution is 0.234. The molecule has 2 aliphatic rings. The Hall–Kier alpha value is -0.980. The summed E-state index contributed by atoms with van der Waals surface area (Å²) in [6.07, 6.45) is 25.5. The van der Waals surface area contributed by atoms with E-state index in [0.717, 1.165) is 36.0 Å². The molecule has 0 saturated heterocycles. The van der Waals surface area contributed by atoms with E-state index in [0.29, 0.717) is 0 Å². The number of aryl methyl sites for hydroxylation is 1. The van der Waals surface area contributed by atoms with E-state index in [1.165, 1.54) is 121 Å². The molecule has 2 saturated carbocycles. The van der Waals surface area contributed by atoms with Gasteiger partial charge in [0.1, 0.15) is 5.75 Å². The van der Waals surface area contributed by atoms with Crippen molar-refractivity contribution in [2.24, 2.45) is 23.7 Å². The number of hydrogen-bond donors (Lipinski definition) is 0. The van der Waals surface area contributed by atoms with Gasteiger partial charge in [0.05, 0.1) is 6.61 Å². The third kappa shape index (κ3) is 9.48. The molecule has 1 aromatic carbocycles. The van der Waals surface area contributed by atoms with Crippen LogP contribution < -0.4 is 4.74 Å². The van der Waals surface area contributed by atoms with E-state index < -0.39 is 0 Å². The Morgan fingerprint density at radius 3 is 1.78 bits per heavy atom. The van der Waals surface area contributed by atoms with Crippen molar-refractivity contribution in [3.8, 4) is 5.75 Å². The van der Waals surface area contributed by atoms with Gasteiger partial charge in [0.2, 0.25) is 0 Å². The number of ether oxygens (including phenoxy) is 1. The Kier molecular flexibility index (Phi) is 12.0. The van der Waals surface area contributed by atoms with Crippen molar-refractivity contribution in [1.29, 1.82) is 0 Å². The van der Waals surface area contributed by atoms with Crippen molar-refractivity contribution in [2.75, 3.05) is 6.61 Å². The standard InChI is InChI=1S/C31H52O/c1-3-5-6-7-9-27-15-17-29(18-16-27)19-20-30-21-23-31(24-22-30)32-25-8-10-28-13-11-26(4-2)12-14-28/h21-24,26-29H,3-20,25H2,1-2H3/t26-,27-,28-,29-. The Labute approximate surface area is 200 Å². The molecular formula is C31H52O. The zero-order valence-corrected chi connectivity index (χ0v) is 21.5. The molecule has 1 nitrogen and oxygen atoms in total. The fraction of sp³-hybridized carbons (Fsp3) is 0.806. The van der Waals surface area contributed by atoms with E-state index in [4.69, 9.17) is 4.74 Å². The van der Waals surface area contributed by atoms with Gasteiger partial charge in [-0.2, -0.15) is 0 Å². The molecule has 3 rings (SSSR count). The molecule has 182 valence electrons. The highest BCUT2D eigenvalue weighted by molar-refractivity contribution is 5.27. The summed E-state index contributed by atoms with van der Waals surface area (Å²) in [4.78, 5) is 0. The van der Waals surface area contributed by atoms with Crippen molar-refractivity contribution in [3.05, 3.63) is 29.8 Å². The summed E-state index contributed by atoms with van der Waals surface area (Å²) in [5.74, 6) is 5.03. The maximum atomic E-state index is 6.05. The van der Waals surface area contributed by atoms with Crippen LogP contribution in [0.4, 0.5) is 0 Å². The van der Waals surface area contributed by atoms with Crippen LogP contribution in [0.2, 0.25) is 0 Å². The largest absolute Gasteiger partial charge is 0.494 e. The molecule has 0 spiro atoms. The second-order valence-electron chi connectivity index (χ2n) is 11.2. The minimum atomic E-state index is 0.884. The molecular weight excluding hydrogens is 388 g/mol. The molecule has 2 fully saturated rings. The van der Waals surface area contributed by atoms with Crippen LogP contribution in [0.3, 0.4) is 0 Å². The van der Waals surface area contributed by atoms with Crippen LogP contribution in [0, 0.1) is 23.7 Å². The Morgan fingerprint density at radius 1 is 0.625 bits per heavy atom. The Balaban J connectivity index is 1.23. The molecule has 0 amide bonds. The number of hydrogen-bond acceptors (Lipinski definition) is 1. The fourth-order valence-corrected chi connectivity index (χ4v) is 6.28. The summed E-state index contributed by atoms with van der Waals surface area (Å²) < 4.78 is 6.05. The third-order valence-electron chi connectivity index (χ3n) is 8.77. The zero-order chi connectivity index (χ0) is 22.4. The van der Waals surface area contributed by atoms with Crippen LogP contribution in [-0.4, -0.2) is 6.61 Å². The lowest BCUT2D eigenvalue weighted by Gasteiger charge is -2.28. The highest BCUT2D eigenvalue weighted by atomic mass is 16.5. The van der Waals surface area contributed by atoms with Crippen LogP contribution in [-0.2, 0) is 6.42 Å². The smallest absolute Gasteiger partial charge is 0.119 e. The molecule has 0 unspecified atom stereocenters. The van der Waals surface area contributed by atoms with Crippen molar-refractivity contribution in [1.82, 2.24) is 0 Å². The van der Waals surface area contributed by atoms with Crippen molar-refractivity contribution >= 4 is 0 Å². The van der Waals surface area contributed by atoms with Gasteiger partial charge in [-0.15, -0.1) is 0 Å². The molecule has 0 N–H and O–H groups in total. The Morgan fingerprint density at radius 2 is 1.19 bits per heavy atom. The van der Waals surface area contributed by atoms with Gasteiger partial charge in [0.25, 0.3) is 0 Å². The second-order valence-corrected chi connectivity index (χ2v) is 11.2. The maximum Gasteiger partial charge on any atom is 0.119 e. The van der Waals surface area contributed by atoms with Crippen LogP contribution in [0.15, 0.2) is 24.3 Å². The summed E-state index contributed by atoms with van der Waals surface area (Å²) in [6, 6.07) is 9.02. The van der Waals surface area contributed by atoms with E-state index in [2.05, 4.69) is 38.1 Å². The minimum Gasteiger partial charge on any atom is -0.494 e. The lowest BCUT2D eigenvalue weighted by Crippen LogP contribution is -2.15. The molecule has 32 heavy (non-hydrogen) atoms. The Bertz CT molecular complexity index is 575. The first kappa shape index (κ1) is 25.6. The first-order valence-electron chi connectivity index (χ1n) is 14.5.